The van der Waals surface area contributed by atoms with Gasteiger partial charge in [-0.15, -0.1) is 23.1 Å². The zero-order valence-corrected chi connectivity index (χ0v) is 17.7. The number of hydrogen-bond donors (Lipinski definition) is 2. The summed E-state index contributed by atoms with van der Waals surface area (Å²) in [7, 11) is 1.63. The fraction of sp³-hybridized carbons (Fsp3) is 0.300. The second-order valence-corrected chi connectivity index (χ2v) is 9.05. The van der Waals surface area contributed by atoms with Gasteiger partial charge in [-0.2, -0.15) is 0 Å². The van der Waals surface area contributed by atoms with Crippen molar-refractivity contribution in [1.29, 1.82) is 0 Å². The number of nitrogens with one attached hydrogen (secondary N) is 1. The molecule has 0 radical (unpaired) electrons. The molecule has 0 aliphatic rings. The van der Waals surface area contributed by atoms with Crippen LogP contribution in [-0.2, 0) is 0 Å². The molecular weight excluding hydrogens is 378 g/mol. The van der Waals surface area contributed by atoms with Crippen LogP contribution in [0.2, 0.25) is 0 Å². The number of hydrogen-bond acceptors (Lipinski definition) is 6. The zero-order valence-electron chi connectivity index (χ0n) is 16.0. The summed E-state index contributed by atoms with van der Waals surface area (Å²) in [5, 5.41) is 4.68. The fourth-order valence-corrected chi connectivity index (χ4v) is 4.32. The number of carbonyl (C=O) groups excluding carboxylic acids is 1. The van der Waals surface area contributed by atoms with Gasteiger partial charge in [-0.25, -0.2) is 4.98 Å². The van der Waals surface area contributed by atoms with E-state index in [0.717, 1.165) is 32.1 Å². The predicted octanol–water partition coefficient (Wildman–Crippen LogP) is 4.80. The van der Waals surface area contributed by atoms with E-state index < -0.39 is 0 Å². The van der Waals surface area contributed by atoms with Crippen molar-refractivity contribution in [2.24, 2.45) is 0 Å². The molecule has 0 bridgehead atoms. The third-order valence-electron chi connectivity index (χ3n) is 3.93. The molecule has 0 fully saturated rings. The lowest BCUT2D eigenvalue weighted by Gasteiger charge is -2.20. The first-order chi connectivity index (χ1) is 12.7. The lowest BCUT2D eigenvalue weighted by atomic mass is 10.1. The van der Waals surface area contributed by atoms with Gasteiger partial charge in [-0.1, -0.05) is 12.1 Å². The number of ether oxygens (including phenoxy) is 1. The number of nitrogens with zero attached hydrogens (tertiary/aromatic N) is 1. The van der Waals surface area contributed by atoms with Crippen molar-refractivity contribution < 1.29 is 9.53 Å². The number of thiophene rings is 1. The molecule has 2 heterocycles. The first kappa shape index (κ1) is 19.5. The summed E-state index contributed by atoms with van der Waals surface area (Å²) in [5.41, 5.74) is 8.23. The number of anilines is 1. The largest absolute Gasteiger partial charge is 0.497 e. The number of thioether (sulfide) groups is 1. The first-order valence-corrected chi connectivity index (χ1v) is 10.5. The molecular formula is C20H23N3O2S2. The van der Waals surface area contributed by atoms with Crippen LogP contribution in [0.15, 0.2) is 35.4 Å². The number of carbonyl (C=O) groups is 1. The highest BCUT2D eigenvalue weighted by Crippen LogP contribution is 2.41. The summed E-state index contributed by atoms with van der Waals surface area (Å²) in [6.07, 6.45) is 1.98. The van der Waals surface area contributed by atoms with Gasteiger partial charge in [0.05, 0.1) is 23.5 Å². The van der Waals surface area contributed by atoms with E-state index in [4.69, 9.17) is 15.5 Å². The Bertz CT molecular complexity index is 1010. The summed E-state index contributed by atoms with van der Waals surface area (Å²) < 4.78 is 6.30. The third-order valence-corrected chi connectivity index (χ3v) is 5.71. The Balaban J connectivity index is 2.22. The van der Waals surface area contributed by atoms with Crippen LogP contribution in [0, 0.1) is 0 Å². The molecule has 3 N–H and O–H groups in total. The Kier molecular flexibility index (Phi) is 5.35. The Morgan fingerprint density at radius 2 is 2.04 bits per heavy atom. The zero-order chi connectivity index (χ0) is 19.8. The molecule has 27 heavy (non-hydrogen) atoms. The second kappa shape index (κ2) is 7.40. The number of benzene rings is 1. The van der Waals surface area contributed by atoms with Gasteiger partial charge in [-0.3, -0.25) is 4.79 Å². The molecule has 0 aliphatic carbocycles. The van der Waals surface area contributed by atoms with Crippen LogP contribution in [0.1, 0.15) is 30.4 Å². The van der Waals surface area contributed by atoms with E-state index in [1.807, 2.05) is 57.4 Å². The number of amides is 1. The van der Waals surface area contributed by atoms with Crippen LogP contribution in [0.25, 0.3) is 21.3 Å². The minimum Gasteiger partial charge on any atom is -0.497 e. The van der Waals surface area contributed by atoms with E-state index in [1.54, 1.807) is 18.9 Å². The van der Waals surface area contributed by atoms with Crippen LogP contribution < -0.4 is 15.8 Å². The molecule has 0 aliphatic heterocycles. The van der Waals surface area contributed by atoms with Crippen molar-refractivity contribution in [2.45, 2.75) is 31.3 Å². The molecule has 0 saturated carbocycles. The highest BCUT2D eigenvalue weighted by Gasteiger charge is 2.23. The van der Waals surface area contributed by atoms with E-state index in [2.05, 4.69) is 5.32 Å². The van der Waals surface area contributed by atoms with Gasteiger partial charge in [0, 0.05) is 21.2 Å². The lowest BCUT2D eigenvalue weighted by molar-refractivity contribution is 0.0924. The highest BCUT2D eigenvalue weighted by molar-refractivity contribution is 7.98. The molecule has 7 heteroatoms. The molecule has 2 aromatic heterocycles. The van der Waals surface area contributed by atoms with Gasteiger partial charge in [0.1, 0.15) is 10.6 Å². The van der Waals surface area contributed by atoms with Crippen LogP contribution in [0.4, 0.5) is 5.69 Å². The number of pyridine rings is 1. The van der Waals surface area contributed by atoms with E-state index in [1.165, 1.54) is 11.3 Å². The molecule has 3 rings (SSSR count). The quantitative estimate of drug-likeness (QED) is 0.614. The van der Waals surface area contributed by atoms with Crippen LogP contribution in [-0.4, -0.2) is 29.8 Å². The minimum absolute atomic E-state index is 0.163. The van der Waals surface area contributed by atoms with Crippen LogP contribution >= 0.6 is 23.1 Å². The molecule has 3 aromatic rings. The Morgan fingerprint density at radius 1 is 1.30 bits per heavy atom. The molecule has 1 amide bonds. The molecule has 0 spiro atoms. The predicted molar refractivity (Wildman–Crippen MR) is 115 cm³/mol. The number of fused-ring (bicyclic) bond motifs is 1. The van der Waals surface area contributed by atoms with Crippen molar-refractivity contribution in [1.82, 2.24) is 10.3 Å². The number of nitrogens with two attached hydrogens (primary N) is 1. The van der Waals surface area contributed by atoms with Crippen molar-refractivity contribution in [3.8, 4) is 17.0 Å². The summed E-state index contributed by atoms with van der Waals surface area (Å²) in [6.45, 7) is 5.84. The van der Waals surface area contributed by atoms with Gasteiger partial charge in [-0.05, 0) is 45.2 Å². The minimum atomic E-state index is -0.335. The van der Waals surface area contributed by atoms with Gasteiger partial charge in [0.2, 0.25) is 0 Å². The van der Waals surface area contributed by atoms with Gasteiger partial charge >= 0.3 is 0 Å². The van der Waals surface area contributed by atoms with E-state index in [0.29, 0.717) is 10.6 Å². The molecule has 142 valence electrons. The summed E-state index contributed by atoms with van der Waals surface area (Å²) in [4.78, 5) is 18.0. The van der Waals surface area contributed by atoms with Crippen molar-refractivity contribution >= 4 is 44.8 Å². The average Bonchev–Trinajstić information content (AvgIpc) is 2.96. The van der Waals surface area contributed by atoms with Crippen molar-refractivity contribution in [3.63, 3.8) is 0 Å². The van der Waals surface area contributed by atoms with Crippen LogP contribution in [0.5, 0.6) is 5.75 Å². The number of aromatic nitrogens is 1. The number of methoxy groups -OCH3 is 1. The van der Waals surface area contributed by atoms with E-state index in [9.17, 15) is 4.79 Å². The molecule has 0 saturated heterocycles. The summed E-state index contributed by atoms with van der Waals surface area (Å²) in [6, 6.07) is 9.69. The van der Waals surface area contributed by atoms with Gasteiger partial charge < -0.3 is 15.8 Å². The maximum absolute atomic E-state index is 12.7. The maximum Gasteiger partial charge on any atom is 0.263 e. The Hall–Kier alpha value is -2.25. The van der Waals surface area contributed by atoms with Crippen molar-refractivity contribution in [3.05, 3.63) is 35.2 Å². The first-order valence-electron chi connectivity index (χ1n) is 8.47. The maximum atomic E-state index is 12.7. The van der Waals surface area contributed by atoms with Gasteiger partial charge in [0.25, 0.3) is 5.91 Å². The standard InChI is InChI=1S/C20H23N3O2S2/c1-20(2,3)23-19(24)18-16(21)15-13(27-18)10-14(26-5)22-17(15)11-7-6-8-12(9-11)25-4/h6-10H,21H2,1-5H3,(H,23,24). The SMILES string of the molecule is COc1cccc(-c2nc(SC)cc3sc(C(=O)NC(C)(C)C)c(N)c23)c1. The van der Waals surface area contributed by atoms with E-state index >= 15 is 0 Å². The summed E-state index contributed by atoms with van der Waals surface area (Å²) >= 11 is 2.96. The average molecular weight is 402 g/mol. The smallest absolute Gasteiger partial charge is 0.263 e. The molecule has 1 aromatic carbocycles. The monoisotopic (exact) mass is 401 g/mol. The molecule has 0 unspecified atom stereocenters. The second-order valence-electron chi connectivity index (χ2n) is 7.17. The van der Waals surface area contributed by atoms with E-state index in [-0.39, 0.29) is 11.4 Å². The number of nitrogen functional groups attached to an aromatic ring is 1. The fourth-order valence-electron chi connectivity index (χ4n) is 2.77. The summed E-state index contributed by atoms with van der Waals surface area (Å²) in [5.74, 6) is 0.583. The normalized spacial score (nSPS) is 11.6. The molecule has 5 nitrogen and oxygen atoms in total. The molecule has 0 atom stereocenters. The van der Waals surface area contributed by atoms with Gasteiger partial charge in [0.15, 0.2) is 0 Å². The van der Waals surface area contributed by atoms with Crippen LogP contribution in [0.3, 0.4) is 0 Å². The van der Waals surface area contributed by atoms with Crippen molar-refractivity contribution in [2.75, 3.05) is 19.1 Å². The number of rotatable bonds is 4. The Morgan fingerprint density at radius 3 is 2.67 bits per heavy atom. The highest BCUT2D eigenvalue weighted by atomic mass is 32.2. The lowest BCUT2D eigenvalue weighted by Crippen LogP contribution is -2.40. The Labute approximate surface area is 167 Å². The topological polar surface area (TPSA) is 77.2 Å². The third kappa shape index (κ3) is 4.04.